The largest absolute Gasteiger partial charge is 0.418 e. The zero-order valence-corrected chi connectivity index (χ0v) is 17.3. The van der Waals surface area contributed by atoms with E-state index in [-0.39, 0.29) is 10.8 Å². The topological polar surface area (TPSA) is 85.8 Å². The predicted molar refractivity (Wildman–Crippen MR) is 109 cm³/mol. The van der Waals surface area contributed by atoms with Gasteiger partial charge in [0.1, 0.15) is 0 Å². The molecule has 11 heteroatoms. The van der Waals surface area contributed by atoms with Crippen molar-refractivity contribution in [3.8, 4) is 11.4 Å². The number of aromatic nitrogens is 3. The molecule has 0 aliphatic heterocycles. The van der Waals surface area contributed by atoms with Crippen LogP contribution in [-0.2, 0) is 11.0 Å². The van der Waals surface area contributed by atoms with Crippen LogP contribution in [0.3, 0.4) is 0 Å². The first kappa shape index (κ1) is 21.2. The van der Waals surface area contributed by atoms with Crippen LogP contribution in [0.1, 0.15) is 12.5 Å². The van der Waals surface area contributed by atoms with E-state index in [1.165, 1.54) is 22.9 Å². The maximum atomic E-state index is 13.1. The summed E-state index contributed by atoms with van der Waals surface area (Å²) in [5.74, 6) is 5.83. The van der Waals surface area contributed by atoms with Crippen molar-refractivity contribution in [3.63, 3.8) is 0 Å². The normalized spacial score (nSPS) is 12.6. The average Bonchev–Trinajstić information content (AvgIpc) is 3.02. The molecule has 152 valence electrons. The SMILES string of the molecule is CC(Sc1nnc(-c2ccccc2Br)n1N)C(=O)Nc1ccccc1C(F)(F)F. The quantitative estimate of drug-likeness (QED) is 0.408. The number of carbonyl (C=O) groups is 1. The highest BCUT2D eigenvalue weighted by atomic mass is 79.9. The Balaban J connectivity index is 1.76. The van der Waals surface area contributed by atoms with E-state index in [2.05, 4.69) is 31.4 Å². The molecule has 1 heterocycles. The summed E-state index contributed by atoms with van der Waals surface area (Å²) in [7, 11) is 0. The molecule has 1 amide bonds. The Bertz CT molecular complexity index is 1040. The molecule has 3 N–H and O–H groups in total. The van der Waals surface area contributed by atoms with E-state index >= 15 is 0 Å². The van der Waals surface area contributed by atoms with E-state index in [0.717, 1.165) is 22.3 Å². The number of benzene rings is 2. The van der Waals surface area contributed by atoms with E-state index in [9.17, 15) is 18.0 Å². The number of hydrogen-bond donors (Lipinski definition) is 2. The molecule has 0 fully saturated rings. The molecule has 3 rings (SSSR count). The number of halogens is 4. The molecule has 29 heavy (non-hydrogen) atoms. The number of rotatable bonds is 5. The van der Waals surface area contributed by atoms with E-state index in [4.69, 9.17) is 5.84 Å². The number of nitrogens with one attached hydrogen (secondary N) is 1. The Morgan fingerprint density at radius 2 is 1.83 bits per heavy atom. The van der Waals surface area contributed by atoms with Crippen LogP contribution in [0.25, 0.3) is 11.4 Å². The van der Waals surface area contributed by atoms with Gasteiger partial charge in [-0.3, -0.25) is 4.79 Å². The summed E-state index contributed by atoms with van der Waals surface area (Å²) < 4.78 is 41.3. The van der Waals surface area contributed by atoms with Crippen LogP contribution in [0.4, 0.5) is 18.9 Å². The van der Waals surface area contributed by atoms with Crippen LogP contribution in [0.5, 0.6) is 0 Å². The summed E-state index contributed by atoms with van der Waals surface area (Å²) in [6, 6.07) is 12.1. The van der Waals surface area contributed by atoms with E-state index in [1.54, 1.807) is 13.0 Å². The number of nitrogens with zero attached hydrogens (tertiary/aromatic N) is 3. The fourth-order valence-corrected chi connectivity index (χ4v) is 3.70. The fourth-order valence-electron chi connectivity index (χ4n) is 2.47. The van der Waals surface area contributed by atoms with Crippen molar-refractivity contribution in [2.45, 2.75) is 23.5 Å². The predicted octanol–water partition coefficient (Wildman–Crippen LogP) is 4.56. The first-order chi connectivity index (χ1) is 13.7. The van der Waals surface area contributed by atoms with Crippen LogP contribution in [0.2, 0.25) is 0 Å². The molecule has 1 unspecified atom stereocenters. The monoisotopic (exact) mass is 485 g/mol. The van der Waals surface area contributed by atoms with E-state index in [1.807, 2.05) is 18.2 Å². The second kappa shape index (κ2) is 8.46. The van der Waals surface area contributed by atoms with Crippen molar-refractivity contribution in [1.29, 1.82) is 0 Å². The van der Waals surface area contributed by atoms with Gasteiger partial charge in [-0.15, -0.1) is 10.2 Å². The first-order valence-corrected chi connectivity index (χ1v) is 9.95. The Kier molecular flexibility index (Phi) is 6.18. The molecule has 0 bridgehead atoms. The van der Waals surface area contributed by atoms with Gasteiger partial charge in [-0.1, -0.05) is 52.0 Å². The number of alkyl halides is 3. The Morgan fingerprint density at radius 3 is 2.52 bits per heavy atom. The highest BCUT2D eigenvalue weighted by molar-refractivity contribution is 9.10. The Hall–Kier alpha value is -2.53. The minimum absolute atomic E-state index is 0.252. The Labute approximate surface area is 176 Å². The summed E-state index contributed by atoms with van der Waals surface area (Å²) in [5.41, 5.74) is -0.505. The van der Waals surface area contributed by atoms with Crippen molar-refractivity contribution < 1.29 is 18.0 Å². The molecule has 0 aliphatic rings. The number of hydrogen-bond acceptors (Lipinski definition) is 5. The lowest BCUT2D eigenvalue weighted by molar-refractivity contribution is -0.137. The van der Waals surface area contributed by atoms with Gasteiger partial charge in [0.25, 0.3) is 0 Å². The number of carbonyl (C=O) groups excluding carboxylic acids is 1. The Morgan fingerprint density at radius 1 is 1.17 bits per heavy atom. The van der Waals surface area contributed by atoms with Crippen molar-refractivity contribution in [3.05, 3.63) is 58.6 Å². The van der Waals surface area contributed by atoms with Crippen LogP contribution >= 0.6 is 27.7 Å². The zero-order valence-electron chi connectivity index (χ0n) is 14.9. The van der Waals surface area contributed by atoms with Crippen molar-refractivity contribution in [2.24, 2.45) is 0 Å². The number of nitrogens with two attached hydrogens (primary N) is 1. The number of nitrogen functional groups attached to an aromatic ring is 1. The molecule has 2 aromatic carbocycles. The van der Waals surface area contributed by atoms with Gasteiger partial charge in [-0.2, -0.15) is 13.2 Å². The standard InChI is InChI=1S/C18H15BrF3N5OS/c1-10(16(28)24-14-9-5-3-7-12(14)18(20,21)22)29-17-26-25-15(27(17)23)11-6-2-4-8-13(11)19/h2-10H,23H2,1H3,(H,24,28). The molecular formula is C18H15BrF3N5OS. The van der Waals surface area contributed by atoms with Gasteiger partial charge in [0.15, 0.2) is 5.82 Å². The van der Waals surface area contributed by atoms with Crippen molar-refractivity contribution in [2.75, 3.05) is 11.2 Å². The third-order valence-electron chi connectivity index (χ3n) is 3.92. The molecule has 0 saturated carbocycles. The van der Waals surface area contributed by atoms with Gasteiger partial charge in [-0.05, 0) is 31.2 Å². The third-order valence-corrected chi connectivity index (χ3v) is 5.67. The average molecular weight is 486 g/mol. The van der Waals surface area contributed by atoms with Crippen LogP contribution in [-0.4, -0.2) is 26.0 Å². The summed E-state index contributed by atoms with van der Waals surface area (Å²) in [4.78, 5) is 12.4. The van der Waals surface area contributed by atoms with Crippen molar-refractivity contribution in [1.82, 2.24) is 14.9 Å². The van der Waals surface area contributed by atoms with Crippen LogP contribution in [0, 0.1) is 0 Å². The number of para-hydroxylation sites is 1. The molecule has 0 radical (unpaired) electrons. The molecule has 1 atom stereocenters. The van der Waals surface area contributed by atoms with E-state index < -0.39 is 22.9 Å². The van der Waals surface area contributed by atoms with Crippen LogP contribution in [0.15, 0.2) is 58.2 Å². The van der Waals surface area contributed by atoms with Gasteiger partial charge in [0.2, 0.25) is 11.1 Å². The van der Waals surface area contributed by atoms with Gasteiger partial charge in [-0.25, -0.2) is 4.68 Å². The zero-order chi connectivity index (χ0) is 21.2. The minimum atomic E-state index is -4.57. The highest BCUT2D eigenvalue weighted by Crippen LogP contribution is 2.35. The van der Waals surface area contributed by atoms with Gasteiger partial charge in [0.05, 0.1) is 16.5 Å². The summed E-state index contributed by atoms with van der Waals surface area (Å²) >= 11 is 4.40. The highest BCUT2D eigenvalue weighted by Gasteiger charge is 2.34. The van der Waals surface area contributed by atoms with Gasteiger partial charge >= 0.3 is 6.18 Å². The van der Waals surface area contributed by atoms with Crippen LogP contribution < -0.4 is 11.2 Å². The third kappa shape index (κ3) is 4.73. The lowest BCUT2D eigenvalue weighted by Gasteiger charge is -2.16. The van der Waals surface area contributed by atoms with Gasteiger partial charge in [0, 0.05) is 10.0 Å². The number of amides is 1. The maximum Gasteiger partial charge on any atom is 0.418 e. The van der Waals surface area contributed by atoms with Gasteiger partial charge < -0.3 is 11.2 Å². The summed E-state index contributed by atoms with van der Waals surface area (Å²) in [6.45, 7) is 1.54. The molecule has 0 spiro atoms. The molecule has 0 saturated heterocycles. The second-order valence-electron chi connectivity index (χ2n) is 5.95. The molecular weight excluding hydrogens is 471 g/mol. The number of thioether (sulfide) groups is 1. The van der Waals surface area contributed by atoms with Crippen molar-refractivity contribution >= 4 is 39.3 Å². The summed E-state index contributed by atoms with van der Waals surface area (Å²) in [5, 5.41) is 9.84. The molecule has 1 aromatic heterocycles. The lowest BCUT2D eigenvalue weighted by Crippen LogP contribution is -2.25. The maximum absolute atomic E-state index is 13.1. The van der Waals surface area contributed by atoms with E-state index in [0.29, 0.717) is 11.4 Å². The second-order valence-corrected chi connectivity index (χ2v) is 8.11. The fraction of sp³-hybridized carbons (Fsp3) is 0.167. The molecule has 3 aromatic rings. The minimum Gasteiger partial charge on any atom is -0.335 e. The first-order valence-electron chi connectivity index (χ1n) is 8.27. The lowest BCUT2D eigenvalue weighted by atomic mass is 10.1. The molecule has 0 aliphatic carbocycles. The smallest absolute Gasteiger partial charge is 0.335 e. The number of anilines is 1. The summed E-state index contributed by atoms with van der Waals surface area (Å²) in [6.07, 6.45) is -4.57. The molecule has 6 nitrogen and oxygen atoms in total.